The standard InChI is InChI=1S/C20H21N3O6S/c21-20(25)13-6-7-18(17(9-13)23(26)27)30-12-19(24)22-14-3-1-4-15(10-14)29-11-16-5-2-8-28-16/h1,3-4,6-7,9-10,16H,2,5,8,11-12H2,(H2,21,25)(H,22,24). The number of amides is 2. The lowest BCUT2D eigenvalue weighted by atomic mass is 10.2. The van der Waals surface area contributed by atoms with Gasteiger partial charge in [0.05, 0.1) is 21.7 Å². The van der Waals surface area contributed by atoms with Gasteiger partial charge in [0.15, 0.2) is 0 Å². The number of nitrogens with one attached hydrogen (secondary N) is 1. The molecule has 158 valence electrons. The number of benzene rings is 2. The van der Waals surface area contributed by atoms with E-state index in [9.17, 15) is 19.7 Å². The Morgan fingerprint density at radius 1 is 1.30 bits per heavy atom. The molecule has 1 atom stereocenters. The Hall–Kier alpha value is -3.11. The second kappa shape index (κ2) is 10.1. The summed E-state index contributed by atoms with van der Waals surface area (Å²) in [6.07, 6.45) is 2.10. The number of ether oxygens (including phenoxy) is 2. The van der Waals surface area contributed by atoms with Crippen molar-refractivity contribution in [2.45, 2.75) is 23.8 Å². The van der Waals surface area contributed by atoms with Crippen LogP contribution in [0.3, 0.4) is 0 Å². The zero-order valence-electron chi connectivity index (χ0n) is 16.0. The Morgan fingerprint density at radius 2 is 2.13 bits per heavy atom. The van der Waals surface area contributed by atoms with Crippen LogP contribution in [0.25, 0.3) is 0 Å². The van der Waals surface area contributed by atoms with E-state index < -0.39 is 10.8 Å². The van der Waals surface area contributed by atoms with Gasteiger partial charge in [-0.3, -0.25) is 19.7 Å². The van der Waals surface area contributed by atoms with Gasteiger partial charge in [-0.15, -0.1) is 11.8 Å². The number of rotatable bonds is 9. The van der Waals surface area contributed by atoms with Gasteiger partial charge in [0.25, 0.3) is 5.69 Å². The van der Waals surface area contributed by atoms with Crippen LogP contribution >= 0.6 is 11.8 Å². The highest BCUT2D eigenvalue weighted by Gasteiger charge is 2.18. The summed E-state index contributed by atoms with van der Waals surface area (Å²) in [5.74, 6) is -0.509. The first kappa shape index (κ1) is 21.6. The van der Waals surface area contributed by atoms with Crippen LogP contribution in [0.5, 0.6) is 5.75 Å². The van der Waals surface area contributed by atoms with Crippen LogP contribution in [0.4, 0.5) is 11.4 Å². The maximum absolute atomic E-state index is 12.3. The molecule has 10 heteroatoms. The molecule has 0 aliphatic carbocycles. The molecular formula is C20H21N3O6S. The van der Waals surface area contributed by atoms with Crippen molar-refractivity contribution in [2.75, 3.05) is 24.3 Å². The molecule has 2 aromatic rings. The van der Waals surface area contributed by atoms with Crippen molar-refractivity contribution in [3.8, 4) is 5.75 Å². The van der Waals surface area contributed by atoms with E-state index in [-0.39, 0.29) is 33.9 Å². The van der Waals surface area contributed by atoms with Crippen LogP contribution in [0.2, 0.25) is 0 Å². The van der Waals surface area contributed by atoms with Gasteiger partial charge in [0.2, 0.25) is 11.8 Å². The van der Waals surface area contributed by atoms with E-state index in [0.717, 1.165) is 37.3 Å². The third-order valence-electron chi connectivity index (χ3n) is 4.38. The number of primary amides is 1. The first-order valence-corrected chi connectivity index (χ1v) is 10.3. The molecule has 3 N–H and O–H groups in total. The molecule has 1 saturated heterocycles. The fraction of sp³-hybridized carbons (Fsp3) is 0.300. The molecule has 1 aliphatic heterocycles. The highest BCUT2D eigenvalue weighted by Crippen LogP contribution is 2.30. The summed E-state index contributed by atoms with van der Waals surface area (Å²) in [4.78, 5) is 34.4. The van der Waals surface area contributed by atoms with Gasteiger partial charge in [-0.05, 0) is 37.1 Å². The van der Waals surface area contributed by atoms with Crippen LogP contribution in [0.1, 0.15) is 23.2 Å². The minimum atomic E-state index is -0.756. The van der Waals surface area contributed by atoms with Gasteiger partial charge in [0.1, 0.15) is 12.4 Å². The molecule has 0 spiro atoms. The van der Waals surface area contributed by atoms with E-state index in [0.29, 0.717) is 18.0 Å². The van der Waals surface area contributed by atoms with E-state index in [4.69, 9.17) is 15.2 Å². The fourth-order valence-electron chi connectivity index (χ4n) is 2.90. The lowest BCUT2D eigenvalue weighted by molar-refractivity contribution is -0.387. The lowest BCUT2D eigenvalue weighted by Crippen LogP contribution is -2.17. The van der Waals surface area contributed by atoms with E-state index in [2.05, 4.69) is 5.32 Å². The maximum atomic E-state index is 12.3. The number of nitro groups is 1. The fourth-order valence-corrected chi connectivity index (χ4v) is 3.71. The second-order valence-electron chi connectivity index (χ2n) is 6.61. The first-order chi connectivity index (χ1) is 14.4. The number of nitrogens with two attached hydrogens (primary N) is 1. The predicted molar refractivity (Wildman–Crippen MR) is 112 cm³/mol. The number of anilines is 1. The third kappa shape index (κ3) is 5.94. The normalized spacial score (nSPS) is 15.5. The molecule has 0 saturated carbocycles. The van der Waals surface area contributed by atoms with Crippen molar-refractivity contribution < 1.29 is 24.0 Å². The third-order valence-corrected chi connectivity index (χ3v) is 5.44. The summed E-state index contributed by atoms with van der Waals surface area (Å²) in [7, 11) is 0. The van der Waals surface area contributed by atoms with Crippen molar-refractivity contribution in [3.05, 3.63) is 58.1 Å². The molecule has 2 amide bonds. The largest absolute Gasteiger partial charge is 0.491 e. The smallest absolute Gasteiger partial charge is 0.283 e. The van der Waals surface area contributed by atoms with E-state index >= 15 is 0 Å². The van der Waals surface area contributed by atoms with Crippen LogP contribution in [0, 0.1) is 10.1 Å². The minimum absolute atomic E-state index is 0.0373. The quantitative estimate of drug-likeness (QED) is 0.354. The minimum Gasteiger partial charge on any atom is -0.491 e. The number of nitrogens with zero attached hydrogens (tertiary/aromatic N) is 1. The summed E-state index contributed by atoms with van der Waals surface area (Å²) < 4.78 is 11.2. The molecule has 3 rings (SSSR count). The average molecular weight is 431 g/mol. The molecule has 0 radical (unpaired) electrons. The molecule has 1 heterocycles. The van der Waals surface area contributed by atoms with E-state index in [1.807, 2.05) is 0 Å². The SMILES string of the molecule is NC(=O)c1ccc(SCC(=O)Nc2cccc(OCC3CCCO3)c2)c([N+](=O)[O-])c1. The number of carbonyl (C=O) groups is 2. The van der Waals surface area contributed by atoms with Crippen molar-refractivity contribution in [1.29, 1.82) is 0 Å². The summed E-state index contributed by atoms with van der Waals surface area (Å²) in [5, 5.41) is 14.0. The number of hydrogen-bond acceptors (Lipinski definition) is 7. The van der Waals surface area contributed by atoms with Gasteiger partial charge in [-0.25, -0.2) is 0 Å². The van der Waals surface area contributed by atoms with Crippen LogP contribution in [-0.2, 0) is 9.53 Å². The predicted octanol–water partition coefficient (Wildman–Crippen LogP) is 2.98. The molecular weight excluding hydrogens is 410 g/mol. The monoisotopic (exact) mass is 431 g/mol. The summed E-state index contributed by atoms with van der Waals surface area (Å²) in [5.41, 5.74) is 5.49. The average Bonchev–Trinajstić information content (AvgIpc) is 3.24. The number of thioether (sulfide) groups is 1. The van der Waals surface area contributed by atoms with Crippen LogP contribution < -0.4 is 15.8 Å². The van der Waals surface area contributed by atoms with Crippen LogP contribution in [-0.4, -0.2) is 41.8 Å². The van der Waals surface area contributed by atoms with Crippen molar-refractivity contribution in [1.82, 2.24) is 0 Å². The van der Waals surface area contributed by atoms with Gasteiger partial charge in [-0.2, -0.15) is 0 Å². The number of carbonyl (C=O) groups excluding carboxylic acids is 2. The van der Waals surface area contributed by atoms with Crippen LogP contribution in [0.15, 0.2) is 47.4 Å². The first-order valence-electron chi connectivity index (χ1n) is 9.28. The Labute approximate surface area is 177 Å². The summed E-state index contributed by atoms with van der Waals surface area (Å²) in [6, 6.07) is 10.9. The van der Waals surface area contributed by atoms with Gasteiger partial charge in [-0.1, -0.05) is 6.07 Å². The molecule has 30 heavy (non-hydrogen) atoms. The highest BCUT2D eigenvalue weighted by molar-refractivity contribution is 8.00. The molecule has 2 aromatic carbocycles. The van der Waals surface area contributed by atoms with E-state index in [1.165, 1.54) is 12.1 Å². The molecule has 0 bridgehead atoms. The van der Waals surface area contributed by atoms with E-state index in [1.54, 1.807) is 24.3 Å². The molecule has 1 unspecified atom stereocenters. The second-order valence-corrected chi connectivity index (χ2v) is 7.63. The number of nitro benzene ring substituents is 1. The van der Waals surface area contributed by atoms with Gasteiger partial charge >= 0.3 is 0 Å². The maximum Gasteiger partial charge on any atom is 0.283 e. The number of hydrogen-bond donors (Lipinski definition) is 2. The zero-order chi connectivity index (χ0) is 21.5. The molecule has 1 fully saturated rings. The Kier molecular flexibility index (Phi) is 7.26. The molecule has 1 aliphatic rings. The summed E-state index contributed by atoms with van der Waals surface area (Å²) >= 11 is 1.00. The topological polar surface area (TPSA) is 134 Å². The summed E-state index contributed by atoms with van der Waals surface area (Å²) in [6.45, 7) is 1.21. The Bertz CT molecular complexity index is 946. The van der Waals surface area contributed by atoms with Crippen molar-refractivity contribution in [2.24, 2.45) is 5.73 Å². The Morgan fingerprint density at radius 3 is 2.83 bits per heavy atom. The lowest BCUT2D eigenvalue weighted by Gasteiger charge is -2.12. The van der Waals surface area contributed by atoms with Gasteiger partial charge in [0, 0.05) is 30.0 Å². The Balaban J connectivity index is 1.56. The molecule has 9 nitrogen and oxygen atoms in total. The zero-order valence-corrected chi connectivity index (χ0v) is 16.9. The van der Waals surface area contributed by atoms with Crippen molar-refractivity contribution >= 4 is 35.0 Å². The van der Waals surface area contributed by atoms with Crippen molar-refractivity contribution in [3.63, 3.8) is 0 Å². The van der Waals surface area contributed by atoms with Gasteiger partial charge < -0.3 is 20.5 Å². The molecule has 0 aromatic heterocycles. The highest BCUT2D eigenvalue weighted by atomic mass is 32.2.